The summed E-state index contributed by atoms with van der Waals surface area (Å²) in [6.07, 6.45) is 3.50. The fraction of sp³-hybridized carbons (Fsp3) is 0.261. The summed E-state index contributed by atoms with van der Waals surface area (Å²) >= 11 is 0. The molecule has 0 unspecified atom stereocenters. The number of rotatable bonds is 8. The van der Waals surface area contributed by atoms with Crippen molar-refractivity contribution in [2.45, 2.75) is 32.2 Å². The van der Waals surface area contributed by atoms with Crippen molar-refractivity contribution in [1.29, 1.82) is 0 Å². The minimum absolute atomic E-state index is 0.103. The first-order valence-corrected chi connectivity index (χ1v) is 9.09. The first-order valence-electron chi connectivity index (χ1n) is 9.09. The lowest BCUT2D eigenvalue weighted by atomic mass is 9.93. The van der Waals surface area contributed by atoms with Crippen molar-refractivity contribution in [2.24, 2.45) is 0 Å². The third kappa shape index (κ3) is 5.09. The van der Waals surface area contributed by atoms with E-state index in [0.717, 1.165) is 24.2 Å². The third-order valence-corrected chi connectivity index (χ3v) is 4.68. The summed E-state index contributed by atoms with van der Waals surface area (Å²) in [6.45, 7) is 3.00. The van der Waals surface area contributed by atoms with Crippen LogP contribution < -0.4 is 0 Å². The van der Waals surface area contributed by atoms with Crippen molar-refractivity contribution in [1.82, 2.24) is 4.90 Å². The van der Waals surface area contributed by atoms with Gasteiger partial charge in [-0.15, -0.1) is 0 Å². The van der Waals surface area contributed by atoms with Gasteiger partial charge in [0.1, 0.15) is 5.76 Å². The lowest BCUT2D eigenvalue weighted by Gasteiger charge is -2.24. The number of carbonyl (C=O) groups is 1. The highest BCUT2D eigenvalue weighted by Crippen LogP contribution is 2.25. The van der Waals surface area contributed by atoms with Crippen molar-refractivity contribution in [3.8, 4) is 0 Å². The summed E-state index contributed by atoms with van der Waals surface area (Å²) in [7, 11) is 0. The van der Waals surface area contributed by atoms with Crippen LogP contribution >= 0.6 is 0 Å². The Bertz CT molecular complexity index is 782. The van der Waals surface area contributed by atoms with E-state index in [0.29, 0.717) is 13.1 Å². The van der Waals surface area contributed by atoms with E-state index in [2.05, 4.69) is 36.4 Å². The highest BCUT2D eigenvalue weighted by atomic mass is 16.3. The molecule has 0 aliphatic heterocycles. The van der Waals surface area contributed by atoms with Crippen molar-refractivity contribution in [3.05, 3.63) is 95.9 Å². The molecular formula is C23H25NO2. The minimum atomic E-state index is 0.103. The molecule has 1 heterocycles. The van der Waals surface area contributed by atoms with E-state index in [4.69, 9.17) is 4.42 Å². The Hall–Kier alpha value is -2.81. The Morgan fingerprint density at radius 2 is 1.58 bits per heavy atom. The molecule has 1 aromatic heterocycles. The van der Waals surface area contributed by atoms with E-state index in [1.165, 1.54) is 5.56 Å². The number of hydrogen-bond donors (Lipinski definition) is 0. The first kappa shape index (κ1) is 18.0. The maximum atomic E-state index is 12.1. The van der Waals surface area contributed by atoms with Crippen LogP contribution in [0.5, 0.6) is 0 Å². The summed E-state index contributed by atoms with van der Waals surface area (Å²) in [6, 6.07) is 24.5. The van der Waals surface area contributed by atoms with Gasteiger partial charge in [-0.25, -0.2) is 0 Å². The molecule has 3 rings (SSSR count). The van der Waals surface area contributed by atoms with Crippen LogP contribution in [0, 0.1) is 0 Å². The van der Waals surface area contributed by atoms with E-state index in [9.17, 15) is 4.79 Å². The summed E-state index contributed by atoms with van der Waals surface area (Å²) in [5.41, 5.74) is 2.44. The lowest BCUT2D eigenvalue weighted by Crippen LogP contribution is -2.30. The normalized spacial score (nSPS) is 11.9. The summed E-state index contributed by atoms with van der Waals surface area (Å²) in [5.74, 6) is 1.34. The molecule has 3 heteroatoms. The molecule has 0 bridgehead atoms. The van der Waals surface area contributed by atoms with Gasteiger partial charge in [-0.3, -0.25) is 4.79 Å². The quantitative estimate of drug-likeness (QED) is 0.572. The molecule has 0 fully saturated rings. The van der Waals surface area contributed by atoms with Gasteiger partial charge in [-0.2, -0.15) is 0 Å². The molecule has 0 aliphatic rings. The van der Waals surface area contributed by atoms with Crippen LogP contribution in [0.4, 0.5) is 0 Å². The second-order valence-electron chi connectivity index (χ2n) is 6.62. The SMILES string of the molecule is CC(=O)N(CC[C@@H](Cc1ccccc1)c1ccco1)Cc1ccccc1. The van der Waals surface area contributed by atoms with Crippen molar-refractivity contribution in [2.75, 3.05) is 6.54 Å². The Morgan fingerprint density at radius 1 is 0.923 bits per heavy atom. The highest BCUT2D eigenvalue weighted by Gasteiger charge is 2.18. The van der Waals surface area contributed by atoms with E-state index in [1.54, 1.807) is 13.2 Å². The minimum Gasteiger partial charge on any atom is -0.469 e. The van der Waals surface area contributed by atoms with Gasteiger partial charge in [0, 0.05) is 25.9 Å². The smallest absolute Gasteiger partial charge is 0.219 e. The molecular weight excluding hydrogens is 322 g/mol. The Balaban J connectivity index is 1.68. The third-order valence-electron chi connectivity index (χ3n) is 4.68. The lowest BCUT2D eigenvalue weighted by molar-refractivity contribution is -0.129. The molecule has 3 aromatic rings. The average molecular weight is 347 g/mol. The van der Waals surface area contributed by atoms with E-state index in [-0.39, 0.29) is 11.8 Å². The summed E-state index contributed by atoms with van der Waals surface area (Å²) in [5, 5.41) is 0. The maximum Gasteiger partial charge on any atom is 0.219 e. The molecule has 0 spiro atoms. The van der Waals surface area contributed by atoms with Crippen molar-refractivity contribution < 1.29 is 9.21 Å². The Labute approximate surface area is 155 Å². The van der Waals surface area contributed by atoms with Gasteiger partial charge in [0.25, 0.3) is 0 Å². The van der Waals surface area contributed by atoms with Crippen LogP contribution in [0.25, 0.3) is 0 Å². The monoisotopic (exact) mass is 347 g/mol. The molecule has 2 aromatic carbocycles. The molecule has 1 atom stereocenters. The van der Waals surface area contributed by atoms with Gasteiger partial charge in [0.15, 0.2) is 0 Å². The predicted octanol–water partition coefficient (Wildman–Crippen LogP) is 5.04. The van der Waals surface area contributed by atoms with Crippen LogP contribution in [-0.2, 0) is 17.8 Å². The molecule has 0 N–H and O–H groups in total. The molecule has 0 radical (unpaired) electrons. The van der Waals surface area contributed by atoms with E-state index < -0.39 is 0 Å². The van der Waals surface area contributed by atoms with Crippen molar-refractivity contribution in [3.63, 3.8) is 0 Å². The van der Waals surface area contributed by atoms with Gasteiger partial charge >= 0.3 is 0 Å². The first-order chi connectivity index (χ1) is 12.7. The molecule has 3 nitrogen and oxygen atoms in total. The molecule has 0 aliphatic carbocycles. The maximum absolute atomic E-state index is 12.1. The molecule has 0 saturated heterocycles. The number of furan rings is 1. The second-order valence-corrected chi connectivity index (χ2v) is 6.62. The largest absolute Gasteiger partial charge is 0.469 e. The molecule has 1 amide bonds. The molecule has 0 saturated carbocycles. The fourth-order valence-corrected chi connectivity index (χ4v) is 3.23. The number of nitrogens with zero attached hydrogens (tertiary/aromatic N) is 1. The van der Waals surface area contributed by atoms with E-state index >= 15 is 0 Å². The summed E-state index contributed by atoms with van der Waals surface area (Å²) < 4.78 is 5.68. The van der Waals surface area contributed by atoms with Gasteiger partial charge in [0.05, 0.1) is 6.26 Å². The summed E-state index contributed by atoms with van der Waals surface area (Å²) in [4.78, 5) is 14.0. The number of carbonyl (C=O) groups excluding carboxylic acids is 1. The topological polar surface area (TPSA) is 33.5 Å². The second kappa shape index (κ2) is 9.04. The zero-order valence-corrected chi connectivity index (χ0v) is 15.2. The number of hydrogen-bond acceptors (Lipinski definition) is 2. The van der Waals surface area contributed by atoms with E-state index in [1.807, 2.05) is 41.3 Å². The molecule has 26 heavy (non-hydrogen) atoms. The average Bonchev–Trinajstić information content (AvgIpc) is 3.20. The predicted molar refractivity (Wildman–Crippen MR) is 104 cm³/mol. The van der Waals surface area contributed by atoms with Gasteiger partial charge in [-0.05, 0) is 36.1 Å². The molecule has 134 valence electrons. The van der Waals surface area contributed by atoms with Gasteiger partial charge in [0.2, 0.25) is 5.91 Å². The highest BCUT2D eigenvalue weighted by molar-refractivity contribution is 5.73. The number of benzene rings is 2. The Morgan fingerprint density at radius 3 is 2.15 bits per heavy atom. The van der Waals surface area contributed by atoms with Gasteiger partial charge in [-0.1, -0.05) is 60.7 Å². The van der Waals surface area contributed by atoms with Gasteiger partial charge < -0.3 is 9.32 Å². The Kier molecular flexibility index (Phi) is 6.26. The van der Waals surface area contributed by atoms with Crippen LogP contribution in [0.3, 0.4) is 0 Å². The van der Waals surface area contributed by atoms with Crippen LogP contribution in [-0.4, -0.2) is 17.4 Å². The zero-order chi connectivity index (χ0) is 18.2. The fourth-order valence-electron chi connectivity index (χ4n) is 3.23. The van der Waals surface area contributed by atoms with Crippen LogP contribution in [0.1, 0.15) is 36.1 Å². The van der Waals surface area contributed by atoms with Crippen LogP contribution in [0.2, 0.25) is 0 Å². The van der Waals surface area contributed by atoms with Crippen LogP contribution in [0.15, 0.2) is 83.5 Å². The number of amides is 1. The van der Waals surface area contributed by atoms with Crippen molar-refractivity contribution >= 4 is 5.91 Å². The standard InChI is InChI=1S/C23H25NO2/c1-19(25)24(18-21-11-6-3-7-12-21)15-14-22(23-13-8-16-26-23)17-20-9-4-2-5-10-20/h2-13,16,22H,14-15,17-18H2,1H3/t22-/m0/s1. The zero-order valence-electron chi connectivity index (χ0n) is 15.2.